The lowest BCUT2D eigenvalue weighted by atomic mass is 10.1. The van der Waals surface area contributed by atoms with Gasteiger partial charge in [-0.3, -0.25) is 9.59 Å². The SMILES string of the molecule is O=C(O)[C@@H]1CCN(C(=O)c2ccsc2)C1. The first-order chi connectivity index (χ1) is 7.18. The van der Waals surface area contributed by atoms with Crippen molar-refractivity contribution >= 4 is 23.2 Å². The van der Waals surface area contributed by atoms with Gasteiger partial charge in [-0.2, -0.15) is 11.3 Å². The highest BCUT2D eigenvalue weighted by Crippen LogP contribution is 2.19. The summed E-state index contributed by atoms with van der Waals surface area (Å²) in [6.45, 7) is 0.885. The Bertz CT molecular complexity index is 374. The fraction of sp³-hybridized carbons (Fsp3) is 0.400. The fourth-order valence-corrected chi connectivity index (χ4v) is 2.34. The van der Waals surface area contributed by atoms with E-state index in [1.165, 1.54) is 11.3 Å². The van der Waals surface area contributed by atoms with Gasteiger partial charge in [0.2, 0.25) is 0 Å². The van der Waals surface area contributed by atoms with Gasteiger partial charge in [0.15, 0.2) is 0 Å². The van der Waals surface area contributed by atoms with Crippen molar-refractivity contribution in [3.63, 3.8) is 0 Å². The van der Waals surface area contributed by atoms with Crippen LogP contribution in [0.3, 0.4) is 0 Å². The molecule has 0 aliphatic carbocycles. The Labute approximate surface area is 91.1 Å². The van der Waals surface area contributed by atoms with Crippen molar-refractivity contribution in [1.82, 2.24) is 4.90 Å². The van der Waals surface area contributed by atoms with Crippen molar-refractivity contribution in [2.45, 2.75) is 6.42 Å². The summed E-state index contributed by atoms with van der Waals surface area (Å²) in [5, 5.41) is 12.4. The second-order valence-electron chi connectivity index (χ2n) is 3.59. The van der Waals surface area contributed by atoms with Gasteiger partial charge in [0.25, 0.3) is 5.91 Å². The zero-order valence-corrected chi connectivity index (χ0v) is 8.87. The molecule has 5 heteroatoms. The minimum Gasteiger partial charge on any atom is -0.481 e. The first kappa shape index (κ1) is 10.2. The molecule has 1 saturated heterocycles. The van der Waals surface area contributed by atoms with Crippen LogP contribution in [0.2, 0.25) is 0 Å². The third-order valence-corrected chi connectivity index (χ3v) is 3.28. The van der Waals surface area contributed by atoms with E-state index in [0.717, 1.165) is 0 Å². The molecule has 0 saturated carbocycles. The monoisotopic (exact) mass is 225 g/mol. The average Bonchev–Trinajstić information content (AvgIpc) is 2.88. The van der Waals surface area contributed by atoms with E-state index in [1.807, 2.05) is 5.38 Å². The van der Waals surface area contributed by atoms with Gasteiger partial charge in [-0.15, -0.1) is 0 Å². The van der Waals surface area contributed by atoms with Crippen LogP contribution in [0.15, 0.2) is 16.8 Å². The number of hydrogen-bond donors (Lipinski definition) is 1. The first-order valence-corrected chi connectivity index (χ1v) is 5.67. The third kappa shape index (κ3) is 2.02. The summed E-state index contributed by atoms with van der Waals surface area (Å²) in [6, 6.07) is 1.76. The molecule has 4 nitrogen and oxygen atoms in total. The zero-order chi connectivity index (χ0) is 10.8. The molecule has 1 N–H and O–H groups in total. The molecule has 0 bridgehead atoms. The van der Waals surface area contributed by atoms with E-state index in [9.17, 15) is 9.59 Å². The van der Waals surface area contributed by atoms with Crippen molar-refractivity contribution in [1.29, 1.82) is 0 Å². The number of nitrogens with zero attached hydrogens (tertiary/aromatic N) is 1. The highest BCUT2D eigenvalue weighted by atomic mass is 32.1. The van der Waals surface area contributed by atoms with Crippen LogP contribution in [0, 0.1) is 5.92 Å². The zero-order valence-electron chi connectivity index (χ0n) is 8.05. The van der Waals surface area contributed by atoms with Crippen LogP contribution < -0.4 is 0 Å². The molecule has 0 aromatic carbocycles. The maximum Gasteiger partial charge on any atom is 0.308 e. The lowest BCUT2D eigenvalue weighted by molar-refractivity contribution is -0.141. The van der Waals surface area contributed by atoms with Gasteiger partial charge in [0, 0.05) is 18.5 Å². The first-order valence-electron chi connectivity index (χ1n) is 4.73. The highest BCUT2D eigenvalue weighted by Gasteiger charge is 2.31. The van der Waals surface area contributed by atoms with Crippen molar-refractivity contribution in [3.8, 4) is 0 Å². The van der Waals surface area contributed by atoms with Gasteiger partial charge in [-0.1, -0.05) is 0 Å². The van der Waals surface area contributed by atoms with E-state index in [0.29, 0.717) is 25.1 Å². The number of amides is 1. The number of carbonyl (C=O) groups is 2. The molecule has 1 atom stereocenters. The van der Waals surface area contributed by atoms with Crippen molar-refractivity contribution in [2.75, 3.05) is 13.1 Å². The van der Waals surface area contributed by atoms with Crippen LogP contribution in [0.5, 0.6) is 0 Å². The maximum atomic E-state index is 11.8. The number of thiophene rings is 1. The number of aliphatic carboxylic acids is 1. The Morgan fingerprint density at radius 1 is 1.53 bits per heavy atom. The van der Waals surface area contributed by atoms with Crippen LogP contribution in [0.25, 0.3) is 0 Å². The standard InChI is InChI=1S/C10H11NO3S/c12-9(8-2-4-15-6-8)11-3-1-7(5-11)10(13)14/h2,4,6-7H,1,3,5H2,(H,13,14)/t7-/m1/s1. The van der Waals surface area contributed by atoms with Crippen LogP contribution in [0.1, 0.15) is 16.8 Å². The number of rotatable bonds is 2. The Kier molecular flexibility index (Phi) is 2.73. The van der Waals surface area contributed by atoms with Crippen LogP contribution >= 0.6 is 11.3 Å². The molecule has 2 heterocycles. The molecular weight excluding hydrogens is 214 g/mol. The highest BCUT2D eigenvalue weighted by molar-refractivity contribution is 7.08. The molecule has 0 unspecified atom stereocenters. The largest absolute Gasteiger partial charge is 0.481 e. The summed E-state index contributed by atoms with van der Waals surface area (Å²) < 4.78 is 0. The van der Waals surface area contributed by atoms with Gasteiger partial charge in [-0.05, 0) is 17.9 Å². The number of likely N-dealkylation sites (tertiary alicyclic amines) is 1. The summed E-state index contributed by atoms with van der Waals surface area (Å²) in [6.07, 6.45) is 0.561. The second-order valence-corrected chi connectivity index (χ2v) is 4.37. The van der Waals surface area contributed by atoms with Gasteiger partial charge in [0.1, 0.15) is 0 Å². The quantitative estimate of drug-likeness (QED) is 0.825. The molecule has 1 aliphatic heterocycles. The molecular formula is C10H11NO3S. The van der Waals surface area contributed by atoms with Crippen LogP contribution in [-0.2, 0) is 4.79 Å². The summed E-state index contributed by atoms with van der Waals surface area (Å²) >= 11 is 1.47. The molecule has 0 radical (unpaired) electrons. The molecule has 1 fully saturated rings. The number of carbonyl (C=O) groups excluding carboxylic acids is 1. The summed E-state index contributed by atoms with van der Waals surface area (Å²) in [5.74, 6) is -1.26. The molecule has 2 rings (SSSR count). The Morgan fingerprint density at radius 2 is 2.33 bits per heavy atom. The van der Waals surface area contributed by atoms with Crippen molar-refractivity contribution in [3.05, 3.63) is 22.4 Å². The Morgan fingerprint density at radius 3 is 2.87 bits per heavy atom. The van der Waals surface area contributed by atoms with E-state index >= 15 is 0 Å². The predicted molar refractivity (Wildman–Crippen MR) is 56.0 cm³/mol. The van der Waals surface area contributed by atoms with E-state index < -0.39 is 11.9 Å². The summed E-state index contributed by atoms with van der Waals surface area (Å²) in [4.78, 5) is 24.1. The molecule has 1 aromatic rings. The second kappa shape index (κ2) is 4.02. The topological polar surface area (TPSA) is 57.6 Å². The smallest absolute Gasteiger partial charge is 0.308 e. The van der Waals surface area contributed by atoms with Gasteiger partial charge in [-0.25, -0.2) is 0 Å². The predicted octanol–water partition coefficient (Wildman–Crippen LogP) is 1.29. The molecule has 0 spiro atoms. The van der Waals surface area contributed by atoms with E-state index in [4.69, 9.17) is 5.11 Å². The molecule has 80 valence electrons. The number of hydrogen-bond acceptors (Lipinski definition) is 3. The van der Waals surface area contributed by atoms with Crippen LogP contribution in [-0.4, -0.2) is 35.0 Å². The lowest BCUT2D eigenvalue weighted by Crippen LogP contribution is -2.29. The van der Waals surface area contributed by atoms with Crippen LogP contribution in [0.4, 0.5) is 0 Å². The Balaban J connectivity index is 2.02. The average molecular weight is 225 g/mol. The number of carboxylic acids is 1. The normalized spacial score (nSPS) is 20.5. The van der Waals surface area contributed by atoms with E-state index in [1.54, 1.807) is 16.3 Å². The van der Waals surface area contributed by atoms with E-state index in [2.05, 4.69) is 0 Å². The Hall–Kier alpha value is -1.36. The third-order valence-electron chi connectivity index (χ3n) is 2.59. The molecule has 1 aromatic heterocycles. The number of carboxylic acid groups (broad SMARTS) is 1. The van der Waals surface area contributed by atoms with Gasteiger partial charge >= 0.3 is 5.97 Å². The van der Waals surface area contributed by atoms with Crippen molar-refractivity contribution in [2.24, 2.45) is 5.92 Å². The lowest BCUT2D eigenvalue weighted by Gasteiger charge is -2.14. The van der Waals surface area contributed by atoms with Crippen molar-refractivity contribution < 1.29 is 14.7 Å². The summed E-state index contributed by atoms with van der Waals surface area (Å²) in [5.41, 5.74) is 0.658. The van der Waals surface area contributed by atoms with E-state index in [-0.39, 0.29) is 5.91 Å². The minimum absolute atomic E-state index is 0.0556. The van der Waals surface area contributed by atoms with Gasteiger partial charge < -0.3 is 10.0 Å². The fourth-order valence-electron chi connectivity index (χ4n) is 1.72. The molecule has 1 amide bonds. The maximum absolute atomic E-state index is 11.8. The van der Waals surface area contributed by atoms with Gasteiger partial charge in [0.05, 0.1) is 11.5 Å². The molecule has 15 heavy (non-hydrogen) atoms. The summed E-state index contributed by atoms with van der Waals surface area (Å²) in [7, 11) is 0. The molecule has 1 aliphatic rings. The minimum atomic E-state index is -0.810.